The summed E-state index contributed by atoms with van der Waals surface area (Å²) in [5.41, 5.74) is 6.37. The van der Waals surface area contributed by atoms with Gasteiger partial charge in [-0.3, -0.25) is 4.39 Å². The number of halogens is 1. The van der Waals surface area contributed by atoms with Gasteiger partial charge in [-0.15, -0.1) is 0 Å². The Morgan fingerprint density at radius 2 is 2.18 bits per heavy atom. The number of rotatable bonds is 6. The first-order valence-electron chi connectivity index (χ1n) is 5.43. The van der Waals surface area contributed by atoms with Crippen LogP contribution in [0.4, 0.5) is 10.1 Å². The highest BCUT2D eigenvalue weighted by atomic mass is 19.1. The van der Waals surface area contributed by atoms with E-state index in [1.54, 1.807) is 12.1 Å². The Kier molecular flexibility index (Phi) is 5.26. The van der Waals surface area contributed by atoms with Gasteiger partial charge in [0.15, 0.2) is 0 Å². The molecule has 94 valence electrons. The standard InChI is InChI=1S/C12H16FNO3/c1-2-16-11-7-9(6-10(14)8-11)12(15)17-5-3-4-13/h6-8H,2-5,14H2,1H3. The molecule has 0 fully saturated rings. The smallest absolute Gasteiger partial charge is 0.338 e. The number of carbonyl (C=O) groups is 1. The average molecular weight is 241 g/mol. The first kappa shape index (κ1) is 13.3. The van der Waals surface area contributed by atoms with E-state index in [-0.39, 0.29) is 13.0 Å². The van der Waals surface area contributed by atoms with Crippen LogP contribution in [0.15, 0.2) is 18.2 Å². The summed E-state index contributed by atoms with van der Waals surface area (Å²) in [5.74, 6) is -0.00311. The van der Waals surface area contributed by atoms with Gasteiger partial charge in [-0.2, -0.15) is 0 Å². The number of nitrogen functional groups attached to an aromatic ring is 1. The molecular weight excluding hydrogens is 225 g/mol. The molecule has 4 nitrogen and oxygen atoms in total. The second kappa shape index (κ2) is 6.73. The molecular formula is C12H16FNO3. The zero-order valence-electron chi connectivity index (χ0n) is 9.74. The maximum Gasteiger partial charge on any atom is 0.338 e. The lowest BCUT2D eigenvalue weighted by Crippen LogP contribution is -2.08. The van der Waals surface area contributed by atoms with Gasteiger partial charge >= 0.3 is 5.97 Å². The minimum absolute atomic E-state index is 0.0636. The summed E-state index contributed by atoms with van der Waals surface area (Å²) in [7, 11) is 0. The fourth-order valence-corrected chi connectivity index (χ4v) is 1.29. The number of esters is 1. The summed E-state index contributed by atoms with van der Waals surface area (Å²) in [6, 6.07) is 4.68. The fraction of sp³-hybridized carbons (Fsp3) is 0.417. The number of hydrogen-bond donors (Lipinski definition) is 1. The van der Waals surface area contributed by atoms with E-state index in [0.29, 0.717) is 23.6 Å². The van der Waals surface area contributed by atoms with Crippen LogP contribution in [0.5, 0.6) is 5.75 Å². The summed E-state index contributed by atoms with van der Waals surface area (Å²) in [5, 5.41) is 0. The number of alkyl halides is 1. The second-order valence-electron chi connectivity index (χ2n) is 3.40. The van der Waals surface area contributed by atoms with Crippen LogP contribution >= 0.6 is 0 Å². The predicted octanol–water partition coefficient (Wildman–Crippen LogP) is 2.18. The highest BCUT2D eigenvalue weighted by Crippen LogP contribution is 2.19. The van der Waals surface area contributed by atoms with E-state index in [9.17, 15) is 9.18 Å². The highest BCUT2D eigenvalue weighted by molar-refractivity contribution is 5.91. The molecule has 1 aromatic carbocycles. The number of nitrogens with two attached hydrogens (primary N) is 1. The van der Waals surface area contributed by atoms with Gasteiger partial charge in [0.1, 0.15) is 5.75 Å². The van der Waals surface area contributed by atoms with Crippen molar-refractivity contribution < 1.29 is 18.7 Å². The topological polar surface area (TPSA) is 61.5 Å². The molecule has 1 rings (SSSR count). The van der Waals surface area contributed by atoms with Crippen LogP contribution in [-0.2, 0) is 4.74 Å². The third-order valence-electron chi connectivity index (χ3n) is 1.99. The summed E-state index contributed by atoms with van der Waals surface area (Å²) >= 11 is 0. The van der Waals surface area contributed by atoms with Crippen molar-refractivity contribution in [1.82, 2.24) is 0 Å². The van der Waals surface area contributed by atoms with Gasteiger partial charge in [-0.05, 0) is 19.1 Å². The molecule has 1 aromatic rings. The molecule has 17 heavy (non-hydrogen) atoms. The van der Waals surface area contributed by atoms with Crippen molar-refractivity contribution in [2.75, 3.05) is 25.6 Å². The maximum absolute atomic E-state index is 11.8. The van der Waals surface area contributed by atoms with Crippen molar-refractivity contribution in [3.63, 3.8) is 0 Å². The molecule has 0 bridgehead atoms. The largest absolute Gasteiger partial charge is 0.494 e. The van der Waals surface area contributed by atoms with Gasteiger partial charge < -0.3 is 15.2 Å². The third kappa shape index (κ3) is 4.30. The highest BCUT2D eigenvalue weighted by Gasteiger charge is 2.09. The average Bonchev–Trinajstić information content (AvgIpc) is 2.29. The Morgan fingerprint density at radius 3 is 2.82 bits per heavy atom. The first-order valence-corrected chi connectivity index (χ1v) is 5.43. The van der Waals surface area contributed by atoms with Crippen LogP contribution in [0.3, 0.4) is 0 Å². The van der Waals surface area contributed by atoms with Gasteiger partial charge in [0.05, 0.1) is 25.5 Å². The van der Waals surface area contributed by atoms with Gasteiger partial charge in [0.25, 0.3) is 0 Å². The van der Waals surface area contributed by atoms with Gasteiger partial charge in [0.2, 0.25) is 0 Å². The fourth-order valence-electron chi connectivity index (χ4n) is 1.29. The lowest BCUT2D eigenvalue weighted by Gasteiger charge is -2.08. The van der Waals surface area contributed by atoms with E-state index in [2.05, 4.69) is 0 Å². The van der Waals surface area contributed by atoms with E-state index in [1.807, 2.05) is 6.92 Å². The lowest BCUT2D eigenvalue weighted by molar-refractivity contribution is 0.0493. The number of carbonyl (C=O) groups excluding carboxylic acids is 1. The lowest BCUT2D eigenvalue weighted by atomic mass is 10.2. The van der Waals surface area contributed by atoms with Crippen molar-refractivity contribution >= 4 is 11.7 Å². The third-order valence-corrected chi connectivity index (χ3v) is 1.99. The van der Waals surface area contributed by atoms with Crippen molar-refractivity contribution in [3.8, 4) is 5.75 Å². The van der Waals surface area contributed by atoms with Crippen LogP contribution in [0.2, 0.25) is 0 Å². The van der Waals surface area contributed by atoms with E-state index in [1.165, 1.54) is 6.07 Å². The Hall–Kier alpha value is -1.78. The molecule has 0 radical (unpaired) electrons. The van der Waals surface area contributed by atoms with Gasteiger partial charge in [-0.25, -0.2) is 4.79 Å². The molecule has 0 aliphatic heterocycles. The number of ether oxygens (including phenoxy) is 2. The molecule has 0 unspecified atom stereocenters. The van der Waals surface area contributed by atoms with Gasteiger partial charge in [0, 0.05) is 18.2 Å². The zero-order valence-corrected chi connectivity index (χ0v) is 9.74. The normalized spacial score (nSPS) is 10.0. The Labute approximate surface area is 99.5 Å². The van der Waals surface area contributed by atoms with Crippen LogP contribution < -0.4 is 10.5 Å². The van der Waals surface area contributed by atoms with E-state index in [4.69, 9.17) is 15.2 Å². The molecule has 0 aliphatic rings. The number of benzene rings is 1. The quantitative estimate of drug-likeness (QED) is 0.471. The summed E-state index contributed by atoms with van der Waals surface area (Å²) in [6.45, 7) is 1.88. The van der Waals surface area contributed by atoms with Crippen LogP contribution in [0.1, 0.15) is 23.7 Å². The Balaban J connectivity index is 2.71. The molecule has 0 atom stereocenters. The molecule has 0 amide bonds. The number of anilines is 1. The summed E-state index contributed by atoms with van der Waals surface area (Å²) in [6.07, 6.45) is 0.201. The zero-order chi connectivity index (χ0) is 12.7. The molecule has 0 spiro atoms. The number of hydrogen-bond acceptors (Lipinski definition) is 4. The van der Waals surface area contributed by atoms with Gasteiger partial charge in [-0.1, -0.05) is 0 Å². The second-order valence-corrected chi connectivity index (χ2v) is 3.40. The first-order chi connectivity index (χ1) is 8.17. The van der Waals surface area contributed by atoms with Crippen molar-refractivity contribution in [2.24, 2.45) is 0 Å². The summed E-state index contributed by atoms with van der Waals surface area (Å²) in [4.78, 5) is 11.6. The van der Waals surface area contributed by atoms with Crippen molar-refractivity contribution in [1.29, 1.82) is 0 Å². The predicted molar refractivity (Wildman–Crippen MR) is 62.9 cm³/mol. The molecule has 0 aromatic heterocycles. The molecule has 5 heteroatoms. The minimum Gasteiger partial charge on any atom is -0.494 e. The van der Waals surface area contributed by atoms with E-state index in [0.717, 1.165) is 0 Å². The monoisotopic (exact) mass is 241 g/mol. The van der Waals surface area contributed by atoms with Crippen LogP contribution in [0.25, 0.3) is 0 Å². The minimum atomic E-state index is -0.522. The van der Waals surface area contributed by atoms with Crippen LogP contribution in [-0.4, -0.2) is 25.9 Å². The van der Waals surface area contributed by atoms with Crippen molar-refractivity contribution in [2.45, 2.75) is 13.3 Å². The van der Waals surface area contributed by atoms with E-state index >= 15 is 0 Å². The molecule has 2 N–H and O–H groups in total. The Bertz CT molecular complexity index is 382. The molecule has 0 aliphatic carbocycles. The molecule has 0 saturated heterocycles. The van der Waals surface area contributed by atoms with Crippen molar-refractivity contribution in [3.05, 3.63) is 23.8 Å². The molecule has 0 saturated carbocycles. The summed E-state index contributed by atoms with van der Waals surface area (Å²) < 4.78 is 22.0. The maximum atomic E-state index is 11.8. The molecule has 0 heterocycles. The Morgan fingerprint density at radius 1 is 1.41 bits per heavy atom. The van der Waals surface area contributed by atoms with Crippen LogP contribution in [0, 0.1) is 0 Å². The van der Waals surface area contributed by atoms with E-state index < -0.39 is 12.6 Å². The SMILES string of the molecule is CCOc1cc(N)cc(C(=O)OCCCF)c1.